The van der Waals surface area contributed by atoms with Crippen molar-refractivity contribution in [2.45, 2.75) is 26.7 Å². The molecule has 0 aromatic rings. The summed E-state index contributed by atoms with van der Waals surface area (Å²) in [6, 6.07) is 0. The first-order valence-electron chi connectivity index (χ1n) is 4.84. The van der Waals surface area contributed by atoms with Crippen molar-refractivity contribution in [2.24, 2.45) is 0 Å². The van der Waals surface area contributed by atoms with Gasteiger partial charge in [0.2, 0.25) is 0 Å². The maximum Gasteiger partial charge on any atom is 0.0207 e. The molecule has 0 aromatic carbocycles. The molecule has 0 aromatic heterocycles. The minimum absolute atomic E-state index is 0.999. The molecule has 2 nitrogen and oxygen atoms in total. The second-order valence-electron chi connectivity index (χ2n) is 3.56. The highest BCUT2D eigenvalue weighted by atomic mass is 15.1. The zero-order valence-corrected chi connectivity index (χ0v) is 8.51. The van der Waals surface area contributed by atoms with E-state index < -0.39 is 0 Å². The molecule has 1 heterocycles. The van der Waals surface area contributed by atoms with E-state index in [4.69, 9.17) is 5.41 Å². The van der Waals surface area contributed by atoms with Gasteiger partial charge in [-0.3, -0.25) is 0 Å². The monoisotopic (exact) mass is 178 g/mol. The molecule has 1 aliphatic heterocycles. The van der Waals surface area contributed by atoms with Crippen LogP contribution in [0.15, 0.2) is 23.4 Å². The number of hydrogen-bond donors (Lipinski definition) is 1. The summed E-state index contributed by atoms with van der Waals surface area (Å²) in [5.74, 6) is 0. The Labute approximate surface area is 80.4 Å². The average molecular weight is 178 g/mol. The van der Waals surface area contributed by atoms with E-state index in [-0.39, 0.29) is 0 Å². The quantitative estimate of drug-likeness (QED) is 0.522. The summed E-state index contributed by atoms with van der Waals surface area (Å²) in [7, 11) is 0. The molecule has 0 bridgehead atoms. The van der Waals surface area contributed by atoms with Crippen LogP contribution in [0.1, 0.15) is 26.7 Å². The van der Waals surface area contributed by atoms with Gasteiger partial charge in [0.25, 0.3) is 0 Å². The van der Waals surface area contributed by atoms with Crippen LogP contribution in [-0.4, -0.2) is 24.2 Å². The molecule has 0 atom stereocenters. The van der Waals surface area contributed by atoms with Gasteiger partial charge >= 0.3 is 0 Å². The summed E-state index contributed by atoms with van der Waals surface area (Å²) >= 11 is 0. The summed E-state index contributed by atoms with van der Waals surface area (Å²) in [5, 5.41) is 7.03. The first-order valence-corrected chi connectivity index (χ1v) is 4.84. The van der Waals surface area contributed by atoms with Crippen LogP contribution in [0.3, 0.4) is 0 Å². The summed E-state index contributed by atoms with van der Waals surface area (Å²) in [6.45, 7) is 6.47. The molecular weight excluding hydrogens is 160 g/mol. The summed E-state index contributed by atoms with van der Waals surface area (Å²) in [5.41, 5.74) is 2.32. The van der Waals surface area contributed by atoms with Gasteiger partial charge in [-0.1, -0.05) is 6.08 Å². The molecule has 0 aliphatic carbocycles. The van der Waals surface area contributed by atoms with Crippen LogP contribution in [0, 0.1) is 5.41 Å². The van der Waals surface area contributed by atoms with Gasteiger partial charge in [-0.15, -0.1) is 0 Å². The molecule has 1 fully saturated rings. The number of nitrogens with one attached hydrogen (secondary N) is 1. The summed E-state index contributed by atoms with van der Waals surface area (Å²) < 4.78 is 0. The Balaban J connectivity index is 2.54. The van der Waals surface area contributed by atoms with E-state index in [9.17, 15) is 0 Å². The van der Waals surface area contributed by atoms with Crippen molar-refractivity contribution in [3.63, 3.8) is 0 Å². The zero-order valence-electron chi connectivity index (χ0n) is 8.51. The highest BCUT2D eigenvalue weighted by molar-refractivity contribution is 5.75. The normalized spacial score (nSPS) is 19.4. The molecule has 72 valence electrons. The third-order valence-electron chi connectivity index (χ3n) is 2.42. The van der Waals surface area contributed by atoms with E-state index >= 15 is 0 Å². The lowest BCUT2D eigenvalue weighted by Gasteiger charge is -2.17. The van der Waals surface area contributed by atoms with E-state index in [0.717, 1.165) is 5.57 Å². The lowest BCUT2D eigenvalue weighted by atomic mass is 10.2. The van der Waals surface area contributed by atoms with Gasteiger partial charge in [0.05, 0.1) is 0 Å². The Morgan fingerprint density at radius 3 is 2.31 bits per heavy atom. The van der Waals surface area contributed by atoms with Gasteiger partial charge in [0.15, 0.2) is 0 Å². The van der Waals surface area contributed by atoms with E-state index in [2.05, 4.69) is 17.9 Å². The highest BCUT2D eigenvalue weighted by Gasteiger charge is 2.10. The van der Waals surface area contributed by atoms with Gasteiger partial charge in [-0.2, -0.15) is 0 Å². The molecule has 1 rings (SSSR count). The second-order valence-corrected chi connectivity index (χ2v) is 3.56. The first kappa shape index (κ1) is 10.0. The van der Waals surface area contributed by atoms with E-state index in [1.54, 1.807) is 0 Å². The van der Waals surface area contributed by atoms with Crippen LogP contribution in [0.5, 0.6) is 0 Å². The van der Waals surface area contributed by atoms with Crippen molar-refractivity contribution >= 4 is 6.21 Å². The van der Waals surface area contributed by atoms with Crippen LogP contribution in [0.4, 0.5) is 0 Å². The van der Waals surface area contributed by atoms with Crippen molar-refractivity contribution in [3.05, 3.63) is 23.4 Å². The fraction of sp³-hybridized carbons (Fsp3) is 0.545. The van der Waals surface area contributed by atoms with Crippen molar-refractivity contribution in [2.75, 3.05) is 13.1 Å². The second kappa shape index (κ2) is 4.85. The van der Waals surface area contributed by atoms with E-state index in [1.165, 1.54) is 37.8 Å². The standard InChI is InChI=1S/C11H18N2/c1-10(9-12)5-6-11(2)13-7-3-4-8-13/h5-6,9,12H,3-4,7-8H2,1-2H3/b10-5-,11-6+,12-9?. The Morgan fingerprint density at radius 2 is 1.77 bits per heavy atom. The van der Waals surface area contributed by atoms with Gasteiger partial charge in [0, 0.05) is 25.0 Å². The van der Waals surface area contributed by atoms with Gasteiger partial charge < -0.3 is 10.3 Å². The van der Waals surface area contributed by atoms with Crippen molar-refractivity contribution < 1.29 is 0 Å². The van der Waals surface area contributed by atoms with E-state index in [0.29, 0.717) is 0 Å². The van der Waals surface area contributed by atoms with Crippen LogP contribution < -0.4 is 0 Å². The smallest absolute Gasteiger partial charge is 0.0207 e. The number of allylic oxidation sites excluding steroid dienone is 4. The SMILES string of the molecule is C/C(C=N)=C/C=C(\C)N1CCCC1. The molecule has 0 unspecified atom stereocenters. The highest BCUT2D eigenvalue weighted by Crippen LogP contribution is 2.13. The summed E-state index contributed by atoms with van der Waals surface area (Å²) in [4.78, 5) is 2.40. The largest absolute Gasteiger partial charge is 0.375 e. The minimum atomic E-state index is 0.999. The van der Waals surface area contributed by atoms with E-state index in [1.807, 2.05) is 13.0 Å². The fourth-order valence-electron chi connectivity index (χ4n) is 1.48. The Bertz CT molecular complexity index is 232. The first-order chi connectivity index (χ1) is 6.24. The van der Waals surface area contributed by atoms with Gasteiger partial charge in [-0.05, 0) is 38.3 Å². The Hall–Kier alpha value is -1.05. The average Bonchev–Trinajstić information content (AvgIpc) is 2.66. The van der Waals surface area contributed by atoms with Crippen molar-refractivity contribution in [1.82, 2.24) is 4.90 Å². The van der Waals surface area contributed by atoms with Crippen molar-refractivity contribution in [1.29, 1.82) is 5.41 Å². The molecular formula is C11H18N2. The molecule has 0 amide bonds. The Kier molecular flexibility index (Phi) is 3.74. The molecule has 0 spiro atoms. The molecule has 0 saturated carbocycles. The van der Waals surface area contributed by atoms with Gasteiger partial charge in [0.1, 0.15) is 0 Å². The third kappa shape index (κ3) is 3.05. The molecule has 13 heavy (non-hydrogen) atoms. The molecule has 1 aliphatic rings. The minimum Gasteiger partial charge on any atom is -0.375 e. The van der Waals surface area contributed by atoms with Crippen LogP contribution in [0.25, 0.3) is 0 Å². The maximum atomic E-state index is 7.03. The van der Waals surface area contributed by atoms with Gasteiger partial charge in [-0.25, -0.2) is 0 Å². The molecule has 0 radical (unpaired) electrons. The number of likely N-dealkylation sites (tertiary alicyclic amines) is 1. The predicted molar refractivity (Wildman–Crippen MR) is 57.1 cm³/mol. The predicted octanol–water partition coefficient (Wildman–Crippen LogP) is 2.58. The lowest BCUT2D eigenvalue weighted by molar-refractivity contribution is 0.428. The topological polar surface area (TPSA) is 27.1 Å². The van der Waals surface area contributed by atoms with Crippen LogP contribution in [0.2, 0.25) is 0 Å². The van der Waals surface area contributed by atoms with Crippen LogP contribution >= 0.6 is 0 Å². The van der Waals surface area contributed by atoms with Crippen molar-refractivity contribution in [3.8, 4) is 0 Å². The number of nitrogens with zero attached hydrogens (tertiary/aromatic N) is 1. The Morgan fingerprint density at radius 1 is 1.15 bits per heavy atom. The number of rotatable bonds is 3. The third-order valence-corrected chi connectivity index (χ3v) is 2.42. The van der Waals surface area contributed by atoms with Crippen LogP contribution in [-0.2, 0) is 0 Å². The molecule has 1 N–H and O–H groups in total. The lowest BCUT2D eigenvalue weighted by Crippen LogP contribution is -2.16. The molecule has 1 saturated heterocycles. The zero-order chi connectivity index (χ0) is 9.68. The molecule has 2 heteroatoms. The fourth-order valence-corrected chi connectivity index (χ4v) is 1.48. The number of hydrogen-bond acceptors (Lipinski definition) is 2. The summed E-state index contributed by atoms with van der Waals surface area (Å²) in [6.07, 6.45) is 8.12. The maximum absolute atomic E-state index is 7.03.